The molecule has 3 aromatic rings. The molecule has 0 aliphatic carbocycles. The van der Waals surface area contributed by atoms with Crippen LogP contribution in [0.5, 0.6) is 5.75 Å². The molecule has 2 N–H and O–H groups in total. The summed E-state index contributed by atoms with van der Waals surface area (Å²) in [7, 11) is -4.07. The number of carbonyl (C=O) groups is 1. The van der Waals surface area contributed by atoms with Gasteiger partial charge in [-0.3, -0.25) is 4.79 Å². The van der Waals surface area contributed by atoms with E-state index in [2.05, 4.69) is 0 Å². The Morgan fingerprint density at radius 3 is 2.42 bits per heavy atom. The van der Waals surface area contributed by atoms with Gasteiger partial charge in [0.2, 0.25) is 0 Å². The number of carboxylic acid groups (broad SMARTS) is 1. The van der Waals surface area contributed by atoms with Crippen molar-refractivity contribution in [2.24, 2.45) is 0 Å². The van der Waals surface area contributed by atoms with Gasteiger partial charge < -0.3 is 14.5 Å². The van der Waals surface area contributed by atoms with Crippen LogP contribution < -0.4 is 4.52 Å². The molecule has 5 nitrogen and oxygen atoms in total. The topological polar surface area (TPSA) is 83.8 Å². The minimum Gasteiger partial charge on any atom is -0.481 e. The van der Waals surface area contributed by atoms with Crippen molar-refractivity contribution in [3.63, 3.8) is 0 Å². The largest absolute Gasteiger partial charge is 0.481 e. The molecule has 0 bridgehead atoms. The average Bonchev–Trinajstić information content (AvgIpc) is 2.61. The fraction of sp³-hybridized carbons (Fsp3) is 0.150. The van der Waals surface area contributed by atoms with E-state index >= 15 is 0 Å². The number of benzene rings is 3. The second-order valence-corrected chi connectivity index (χ2v) is 8.20. The summed E-state index contributed by atoms with van der Waals surface area (Å²) in [5, 5.41) is 11.0. The summed E-state index contributed by atoms with van der Waals surface area (Å²) in [6.07, 6.45) is -0.277. The Kier molecular flexibility index (Phi) is 5.12. The minimum absolute atomic E-state index is 0.119. The summed E-state index contributed by atoms with van der Waals surface area (Å²) < 4.78 is 18.3. The molecule has 2 atom stereocenters. The Labute approximate surface area is 151 Å². The number of fused-ring (bicyclic) bond motifs is 1. The zero-order chi connectivity index (χ0) is 18.7. The van der Waals surface area contributed by atoms with Crippen molar-refractivity contribution in [2.75, 3.05) is 0 Å². The molecule has 0 spiro atoms. The van der Waals surface area contributed by atoms with Gasteiger partial charge in [0.25, 0.3) is 0 Å². The van der Waals surface area contributed by atoms with Crippen molar-refractivity contribution in [1.29, 1.82) is 0 Å². The Hall–Kier alpha value is -2.62. The number of rotatable bonds is 6. The second-order valence-electron chi connectivity index (χ2n) is 6.12. The van der Waals surface area contributed by atoms with Crippen LogP contribution in [0.25, 0.3) is 10.8 Å². The van der Waals surface area contributed by atoms with E-state index in [1.807, 2.05) is 42.5 Å². The quantitative estimate of drug-likeness (QED) is 0.610. The number of hydrogen-bond donors (Lipinski definition) is 2. The van der Waals surface area contributed by atoms with Crippen molar-refractivity contribution in [3.05, 3.63) is 77.9 Å². The molecule has 3 rings (SSSR count). The third kappa shape index (κ3) is 3.96. The number of aliphatic carboxylic acids is 1. The molecule has 26 heavy (non-hydrogen) atoms. The van der Waals surface area contributed by atoms with E-state index < -0.39 is 19.2 Å². The van der Waals surface area contributed by atoms with Gasteiger partial charge in [-0.15, -0.1) is 0 Å². The van der Waals surface area contributed by atoms with E-state index in [0.717, 1.165) is 10.8 Å². The maximum atomic E-state index is 12.8. The SMILES string of the molecule is CC(c1ccc2ccccc2c1)P(=O)(O)Oc1ccccc1CC(=O)O. The molecule has 0 aromatic heterocycles. The van der Waals surface area contributed by atoms with Crippen LogP contribution in [0.2, 0.25) is 0 Å². The van der Waals surface area contributed by atoms with Crippen molar-refractivity contribution in [1.82, 2.24) is 0 Å². The summed E-state index contributed by atoms with van der Waals surface area (Å²) in [5.74, 6) is -0.912. The molecule has 6 heteroatoms. The highest BCUT2D eigenvalue weighted by Crippen LogP contribution is 2.56. The molecular weight excluding hydrogens is 351 g/mol. The lowest BCUT2D eigenvalue weighted by molar-refractivity contribution is -0.136. The fourth-order valence-corrected chi connectivity index (χ4v) is 3.93. The maximum Gasteiger partial charge on any atom is 0.383 e. The third-order valence-corrected chi connectivity index (χ3v) is 6.02. The van der Waals surface area contributed by atoms with Crippen molar-refractivity contribution < 1.29 is 23.9 Å². The van der Waals surface area contributed by atoms with Crippen LogP contribution in [0, 0.1) is 0 Å². The third-order valence-electron chi connectivity index (χ3n) is 4.29. The standard InChI is InChI=1S/C20H19O5P/c1-14(16-11-10-15-6-2-3-7-17(15)12-16)26(23,24)25-19-9-5-4-8-18(19)13-20(21)22/h2-12,14H,13H2,1H3,(H,21,22)(H,23,24). The first-order valence-corrected chi connectivity index (χ1v) is 9.82. The number of para-hydroxylation sites is 1. The molecule has 0 radical (unpaired) electrons. The summed E-state index contributed by atoms with van der Waals surface area (Å²) in [6.45, 7) is 1.63. The Bertz CT molecular complexity index is 998. The van der Waals surface area contributed by atoms with E-state index in [4.69, 9.17) is 9.63 Å². The zero-order valence-electron chi connectivity index (χ0n) is 14.2. The second kappa shape index (κ2) is 7.32. The summed E-state index contributed by atoms with van der Waals surface area (Å²) in [6, 6.07) is 19.7. The molecule has 0 fully saturated rings. The normalized spacial score (nSPS) is 14.5. The maximum absolute atomic E-state index is 12.8. The van der Waals surface area contributed by atoms with Gasteiger partial charge >= 0.3 is 13.6 Å². The minimum atomic E-state index is -4.07. The lowest BCUT2D eigenvalue weighted by Gasteiger charge is -2.21. The van der Waals surface area contributed by atoms with Crippen LogP contribution in [0.1, 0.15) is 23.7 Å². The summed E-state index contributed by atoms with van der Waals surface area (Å²) in [5.41, 5.74) is 0.287. The molecule has 0 saturated heterocycles. The molecule has 0 aliphatic heterocycles. The number of hydrogen-bond acceptors (Lipinski definition) is 3. The van der Waals surface area contributed by atoms with Crippen LogP contribution in [0.4, 0.5) is 0 Å². The van der Waals surface area contributed by atoms with Gasteiger partial charge in [-0.25, -0.2) is 4.57 Å². The first-order valence-electron chi connectivity index (χ1n) is 8.17. The van der Waals surface area contributed by atoms with Crippen LogP contribution in [0.15, 0.2) is 66.7 Å². The van der Waals surface area contributed by atoms with Crippen LogP contribution in [-0.4, -0.2) is 16.0 Å². The van der Waals surface area contributed by atoms with Gasteiger partial charge in [0.15, 0.2) is 0 Å². The van der Waals surface area contributed by atoms with E-state index in [-0.39, 0.29) is 12.2 Å². The van der Waals surface area contributed by atoms with Gasteiger partial charge in [-0.1, -0.05) is 60.7 Å². The van der Waals surface area contributed by atoms with Crippen LogP contribution >= 0.6 is 7.60 Å². The highest BCUT2D eigenvalue weighted by atomic mass is 31.2. The highest BCUT2D eigenvalue weighted by molar-refractivity contribution is 7.53. The Morgan fingerprint density at radius 2 is 1.69 bits per heavy atom. The van der Waals surface area contributed by atoms with Gasteiger partial charge in [-0.2, -0.15) is 0 Å². The molecule has 0 heterocycles. The molecule has 0 saturated carbocycles. The van der Waals surface area contributed by atoms with Gasteiger partial charge in [-0.05, 0) is 29.3 Å². The monoisotopic (exact) mass is 370 g/mol. The Morgan fingerprint density at radius 1 is 1.04 bits per heavy atom. The first-order chi connectivity index (χ1) is 12.4. The van der Waals surface area contributed by atoms with Crippen molar-refractivity contribution in [3.8, 4) is 5.75 Å². The van der Waals surface area contributed by atoms with E-state index in [9.17, 15) is 14.3 Å². The first kappa shape index (κ1) is 18.2. The zero-order valence-corrected chi connectivity index (χ0v) is 15.1. The molecule has 134 valence electrons. The fourth-order valence-electron chi connectivity index (χ4n) is 2.78. The average molecular weight is 370 g/mol. The molecule has 2 unspecified atom stereocenters. The lowest BCUT2D eigenvalue weighted by atomic mass is 10.1. The molecule has 0 aliphatic rings. The molecular formula is C20H19O5P. The van der Waals surface area contributed by atoms with Gasteiger partial charge in [0.1, 0.15) is 5.75 Å². The molecule has 3 aromatic carbocycles. The van der Waals surface area contributed by atoms with Crippen LogP contribution in [0.3, 0.4) is 0 Å². The molecule has 0 amide bonds. The van der Waals surface area contributed by atoms with E-state index in [0.29, 0.717) is 11.1 Å². The van der Waals surface area contributed by atoms with E-state index in [1.54, 1.807) is 25.1 Å². The van der Waals surface area contributed by atoms with Gasteiger partial charge in [0, 0.05) is 5.56 Å². The van der Waals surface area contributed by atoms with Crippen molar-refractivity contribution >= 4 is 24.3 Å². The summed E-state index contributed by atoms with van der Waals surface area (Å²) in [4.78, 5) is 21.5. The van der Waals surface area contributed by atoms with Crippen molar-refractivity contribution in [2.45, 2.75) is 19.0 Å². The Balaban J connectivity index is 1.89. The summed E-state index contributed by atoms with van der Waals surface area (Å²) >= 11 is 0. The van der Waals surface area contributed by atoms with Crippen LogP contribution in [-0.2, 0) is 15.8 Å². The van der Waals surface area contributed by atoms with Gasteiger partial charge in [0.05, 0.1) is 12.1 Å². The number of carboxylic acids is 1. The predicted molar refractivity (Wildman–Crippen MR) is 101 cm³/mol. The predicted octanol–water partition coefficient (Wildman–Crippen LogP) is 4.79. The smallest absolute Gasteiger partial charge is 0.383 e. The van der Waals surface area contributed by atoms with E-state index in [1.165, 1.54) is 6.07 Å². The lowest BCUT2D eigenvalue weighted by Crippen LogP contribution is -2.06. The highest BCUT2D eigenvalue weighted by Gasteiger charge is 2.32.